The van der Waals surface area contributed by atoms with Crippen molar-refractivity contribution >= 4 is 15.7 Å². The summed E-state index contributed by atoms with van der Waals surface area (Å²) in [6, 6.07) is -0.546. The van der Waals surface area contributed by atoms with Gasteiger partial charge in [-0.1, -0.05) is 13.8 Å². The van der Waals surface area contributed by atoms with Crippen LogP contribution in [-0.4, -0.2) is 64.0 Å². The molecule has 0 radical (unpaired) electrons. The minimum absolute atomic E-state index is 0.0666. The minimum atomic E-state index is -3.08. The molecule has 0 aromatic carbocycles. The van der Waals surface area contributed by atoms with Crippen LogP contribution in [0.1, 0.15) is 20.3 Å². The molecule has 0 aliphatic carbocycles. The summed E-state index contributed by atoms with van der Waals surface area (Å²) in [5, 5.41) is 2.78. The van der Waals surface area contributed by atoms with E-state index in [-0.39, 0.29) is 24.1 Å². The van der Waals surface area contributed by atoms with E-state index in [1.54, 1.807) is 0 Å². The van der Waals surface area contributed by atoms with Crippen LogP contribution in [0.5, 0.6) is 0 Å². The topological polar surface area (TPSA) is 92.5 Å². The lowest BCUT2D eigenvalue weighted by molar-refractivity contribution is -0.122. The first kappa shape index (κ1) is 18.3. The van der Waals surface area contributed by atoms with Gasteiger partial charge in [0.15, 0.2) is 0 Å². The molecular formula is C12H27N3O3S. The van der Waals surface area contributed by atoms with Crippen molar-refractivity contribution in [2.75, 3.05) is 32.6 Å². The number of nitrogens with one attached hydrogen (secondary N) is 1. The maximum atomic E-state index is 11.8. The second-order valence-electron chi connectivity index (χ2n) is 5.55. The molecule has 0 aromatic heterocycles. The van der Waals surface area contributed by atoms with Crippen LogP contribution in [0.2, 0.25) is 0 Å². The molecule has 7 heteroatoms. The lowest BCUT2D eigenvalue weighted by atomic mass is 10.0. The van der Waals surface area contributed by atoms with E-state index in [1.165, 1.54) is 0 Å². The predicted octanol–water partition coefficient (Wildman–Crippen LogP) is -0.549. The molecule has 2 atom stereocenters. The normalized spacial score (nSPS) is 15.6. The fraction of sp³-hybridized carbons (Fsp3) is 0.917. The Morgan fingerprint density at radius 1 is 1.32 bits per heavy atom. The molecule has 0 aliphatic heterocycles. The third-order valence-electron chi connectivity index (χ3n) is 3.05. The zero-order valence-electron chi connectivity index (χ0n) is 12.5. The van der Waals surface area contributed by atoms with Crippen LogP contribution >= 0.6 is 0 Å². The van der Waals surface area contributed by atoms with E-state index in [0.717, 1.165) is 6.26 Å². The summed E-state index contributed by atoms with van der Waals surface area (Å²) in [6.07, 6.45) is 1.29. The number of likely N-dealkylation sites (N-methyl/N-ethyl adjacent to an activating group) is 1. The number of hydrogen-bond acceptors (Lipinski definition) is 5. The molecule has 19 heavy (non-hydrogen) atoms. The van der Waals surface area contributed by atoms with Crippen LogP contribution in [-0.2, 0) is 14.6 Å². The van der Waals surface area contributed by atoms with Gasteiger partial charge in [-0.05, 0) is 26.4 Å². The summed E-state index contributed by atoms with van der Waals surface area (Å²) in [4.78, 5) is 13.8. The van der Waals surface area contributed by atoms with Gasteiger partial charge in [0, 0.05) is 18.8 Å². The Labute approximate surface area is 116 Å². The molecule has 2 unspecified atom stereocenters. The fourth-order valence-electron chi connectivity index (χ4n) is 1.82. The van der Waals surface area contributed by atoms with E-state index in [1.807, 2.05) is 19.0 Å². The maximum Gasteiger partial charge on any atom is 0.237 e. The highest BCUT2D eigenvalue weighted by Crippen LogP contribution is 2.06. The third-order valence-corrected chi connectivity index (χ3v) is 4.03. The van der Waals surface area contributed by atoms with Crippen molar-refractivity contribution in [1.82, 2.24) is 10.2 Å². The molecule has 0 aromatic rings. The Kier molecular flexibility index (Phi) is 7.54. The summed E-state index contributed by atoms with van der Waals surface area (Å²) >= 11 is 0. The number of hydrogen-bond donors (Lipinski definition) is 2. The van der Waals surface area contributed by atoms with Crippen LogP contribution in [0, 0.1) is 5.92 Å². The number of nitrogens with two attached hydrogens (primary N) is 1. The molecule has 0 aliphatic rings. The number of carbonyl (C=O) groups excluding carboxylic acids is 1. The van der Waals surface area contributed by atoms with Crippen molar-refractivity contribution in [2.45, 2.75) is 32.4 Å². The number of carbonyl (C=O) groups is 1. The molecule has 0 saturated heterocycles. The van der Waals surface area contributed by atoms with Crippen molar-refractivity contribution in [2.24, 2.45) is 11.7 Å². The first-order valence-corrected chi connectivity index (χ1v) is 8.48. The van der Waals surface area contributed by atoms with Gasteiger partial charge in [-0.2, -0.15) is 0 Å². The van der Waals surface area contributed by atoms with Crippen molar-refractivity contribution in [3.05, 3.63) is 0 Å². The van der Waals surface area contributed by atoms with Gasteiger partial charge in [-0.3, -0.25) is 4.79 Å². The Morgan fingerprint density at radius 2 is 1.84 bits per heavy atom. The van der Waals surface area contributed by atoms with Gasteiger partial charge in [0.2, 0.25) is 5.91 Å². The molecule has 0 spiro atoms. The van der Waals surface area contributed by atoms with Gasteiger partial charge in [0.25, 0.3) is 0 Å². The highest BCUT2D eigenvalue weighted by molar-refractivity contribution is 7.90. The Hall–Kier alpha value is -0.660. The Morgan fingerprint density at radius 3 is 2.21 bits per heavy atom. The lowest BCUT2D eigenvalue weighted by Crippen LogP contribution is -2.48. The van der Waals surface area contributed by atoms with Crippen molar-refractivity contribution < 1.29 is 13.2 Å². The molecule has 0 fully saturated rings. The number of sulfone groups is 1. The first-order valence-electron chi connectivity index (χ1n) is 6.42. The van der Waals surface area contributed by atoms with Gasteiger partial charge in [-0.25, -0.2) is 8.42 Å². The molecule has 1 amide bonds. The molecular weight excluding hydrogens is 266 g/mol. The van der Waals surface area contributed by atoms with Crippen molar-refractivity contribution in [3.63, 3.8) is 0 Å². The predicted molar refractivity (Wildman–Crippen MR) is 77.6 cm³/mol. The average molecular weight is 293 g/mol. The van der Waals surface area contributed by atoms with E-state index in [0.29, 0.717) is 12.5 Å². The summed E-state index contributed by atoms with van der Waals surface area (Å²) in [6.45, 7) is 4.68. The summed E-state index contributed by atoms with van der Waals surface area (Å²) in [5.74, 6) is 0.0433. The minimum Gasteiger partial charge on any atom is -0.353 e. The second-order valence-corrected chi connectivity index (χ2v) is 7.80. The smallest absolute Gasteiger partial charge is 0.237 e. The fourth-order valence-corrected chi connectivity index (χ4v) is 2.51. The standard InChI is InChI=1S/C12H27N3O3S/c1-9(2)11(15(3)4)8-14-12(16)10(13)6-7-19(5,17)18/h9-11H,6-8,13H2,1-5H3,(H,14,16). The molecule has 0 heterocycles. The van der Waals surface area contributed by atoms with Gasteiger partial charge in [0.05, 0.1) is 11.8 Å². The summed E-state index contributed by atoms with van der Waals surface area (Å²) in [7, 11) is 0.838. The van der Waals surface area contributed by atoms with Crippen LogP contribution in [0.15, 0.2) is 0 Å². The molecule has 0 rings (SSSR count). The van der Waals surface area contributed by atoms with Gasteiger partial charge < -0.3 is 16.0 Å². The van der Waals surface area contributed by atoms with E-state index >= 15 is 0 Å². The first-order chi connectivity index (χ1) is 8.54. The van der Waals surface area contributed by atoms with E-state index in [2.05, 4.69) is 19.2 Å². The summed E-state index contributed by atoms with van der Waals surface area (Å²) < 4.78 is 22.0. The number of nitrogens with zero attached hydrogens (tertiary/aromatic N) is 1. The SMILES string of the molecule is CC(C)C(CNC(=O)C(N)CCS(C)(=O)=O)N(C)C. The van der Waals surface area contributed by atoms with E-state index in [9.17, 15) is 13.2 Å². The quantitative estimate of drug-likeness (QED) is 0.626. The lowest BCUT2D eigenvalue weighted by Gasteiger charge is -2.28. The number of rotatable bonds is 8. The van der Waals surface area contributed by atoms with Crippen molar-refractivity contribution in [3.8, 4) is 0 Å². The number of amides is 1. The van der Waals surface area contributed by atoms with Crippen LogP contribution < -0.4 is 11.1 Å². The van der Waals surface area contributed by atoms with Gasteiger partial charge >= 0.3 is 0 Å². The van der Waals surface area contributed by atoms with Gasteiger partial charge in [-0.15, -0.1) is 0 Å². The molecule has 6 nitrogen and oxygen atoms in total. The van der Waals surface area contributed by atoms with Crippen LogP contribution in [0.25, 0.3) is 0 Å². The van der Waals surface area contributed by atoms with Crippen molar-refractivity contribution in [1.29, 1.82) is 0 Å². The third kappa shape index (κ3) is 8.18. The average Bonchev–Trinajstić information content (AvgIpc) is 2.23. The highest BCUT2D eigenvalue weighted by atomic mass is 32.2. The maximum absolute atomic E-state index is 11.8. The van der Waals surface area contributed by atoms with Gasteiger partial charge in [0.1, 0.15) is 9.84 Å². The second kappa shape index (κ2) is 7.81. The Bertz CT molecular complexity index is 372. The van der Waals surface area contributed by atoms with E-state index in [4.69, 9.17) is 5.73 Å². The highest BCUT2D eigenvalue weighted by Gasteiger charge is 2.20. The zero-order valence-corrected chi connectivity index (χ0v) is 13.3. The molecule has 0 saturated carbocycles. The Balaban J connectivity index is 4.23. The van der Waals surface area contributed by atoms with E-state index < -0.39 is 15.9 Å². The zero-order chi connectivity index (χ0) is 15.2. The molecule has 3 N–H and O–H groups in total. The van der Waals surface area contributed by atoms with Crippen LogP contribution in [0.3, 0.4) is 0 Å². The monoisotopic (exact) mass is 293 g/mol. The molecule has 0 bridgehead atoms. The molecule has 114 valence electrons. The summed E-state index contributed by atoms with van der Waals surface area (Å²) in [5.41, 5.74) is 5.67. The van der Waals surface area contributed by atoms with Crippen LogP contribution in [0.4, 0.5) is 0 Å². The largest absolute Gasteiger partial charge is 0.353 e.